The number of anilines is 1. The molecule has 1 aromatic heterocycles. The summed E-state index contributed by atoms with van der Waals surface area (Å²) >= 11 is 15.6. The Balaban J connectivity index is 0.00000441. The van der Waals surface area contributed by atoms with Gasteiger partial charge >= 0.3 is 29.6 Å². The number of hydrogen-bond donors (Lipinski definition) is 1. The Morgan fingerprint density at radius 1 is 1.07 bits per heavy atom. The third-order valence-corrected chi connectivity index (χ3v) is 10.3. The number of aryl methyl sites for hydroxylation is 1. The molecule has 1 aliphatic heterocycles. The van der Waals surface area contributed by atoms with Crippen LogP contribution in [0.25, 0.3) is 16.3 Å². The summed E-state index contributed by atoms with van der Waals surface area (Å²) in [4.78, 5) is 2.98. The molecule has 1 N–H and O–H groups in total. The van der Waals surface area contributed by atoms with Crippen molar-refractivity contribution in [2.45, 2.75) is 37.6 Å². The van der Waals surface area contributed by atoms with Crippen LogP contribution in [0.3, 0.4) is 0 Å². The van der Waals surface area contributed by atoms with E-state index in [0.29, 0.717) is 29.6 Å². The third kappa shape index (κ3) is 9.18. The number of rotatable bonds is 11. The third-order valence-electron chi connectivity index (χ3n) is 5.97. The predicted molar refractivity (Wildman–Crippen MR) is 158 cm³/mol. The molecule has 0 saturated carbocycles. The molecule has 3 aromatic rings. The summed E-state index contributed by atoms with van der Waals surface area (Å²) in [6.07, 6.45) is 5.16. The minimum atomic E-state index is -4.33. The first kappa shape index (κ1) is 33.9. The molecule has 0 spiro atoms. The first-order valence-electron chi connectivity index (χ1n) is 12.0. The van der Waals surface area contributed by atoms with Crippen LogP contribution in [-0.4, -0.2) is 44.0 Å². The quantitative estimate of drug-likeness (QED) is 0.188. The van der Waals surface area contributed by atoms with Gasteiger partial charge in [0.25, 0.3) is 15.1 Å². The fourth-order valence-corrected chi connectivity index (χ4v) is 7.79. The Labute approximate surface area is 274 Å². The van der Waals surface area contributed by atoms with Gasteiger partial charge in [-0.2, -0.15) is 13.0 Å². The van der Waals surface area contributed by atoms with Gasteiger partial charge in [-0.3, -0.25) is 4.55 Å². The number of hydrogen-bond acceptors (Lipinski definition) is 8. The molecule has 8 nitrogen and oxygen atoms in total. The van der Waals surface area contributed by atoms with E-state index >= 15 is 0 Å². The average molecular weight is 673 g/mol. The van der Waals surface area contributed by atoms with Crippen molar-refractivity contribution < 1.29 is 60.1 Å². The van der Waals surface area contributed by atoms with Crippen molar-refractivity contribution in [2.24, 2.45) is 0 Å². The molecule has 0 bridgehead atoms. The summed E-state index contributed by atoms with van der Waals surface area (Å²) in [7, 11) is -8.41. The van der Waals surface area contributed by atoms with Crippen molar-refractivity contribution in [2.75, 3.05) is 23.0 Å². The number of nitrogens with zero attached hydrogens (tertiary/aromatic N) is 2. The number of fused-ring (bicyclic) bond motifs is 2. The molecule has 0 amide bonds. The van der Waals surface area contributed by atoms with Gasteiger partial charge in [-0.25, -0.2) is 8.42 Å². The summed E-state index contributed by atoms with van der Waals surface area (Å²) in [5.74, 6) is -0.807. The van der Waals surface area contributed by atoms with E-state index in [2.05, 4.69) is 0 Å². The maximum absolute atomic E-state index is 11.3. The van der Waals surface area contributed by atoms with Gasteiger partial charge in [0, 0.05) is 45.8 Å². The second-order valence-electron chi connectivity index (χ2n) is 8.88. The molecule has 0 atom stereocenters. The number of aromatic nitrogens is 1. The number of thioether (sulfide) groups is 1. The van der Waals surface area contributed by atoms with Gasteiger partial charge in [0.15, 0.2) is 6.54 Å². The summed E-state index contributed by atoms with van der Waals surface area (Å²) < 4.78 is 68.3. The Hall–Kier alpha value is -0.640. The van der Waals surface area contributed by atoms with Crippen LogP contribution in [0.2, 0.25) is 10.0 Å². The number of benzene rings is 2. The van der Waals surface area contributed by atoms with Crippen LogP contribution in [-0.2, 0) is 26.8 Å². The van der Waals surface area contributed by atoms with E-state index < -0.39 is 26.0 Å². The van der Waals surface area contributed by atoms with E-state index in [1.165, 1.54) is 11.3 Å². The van der Waals surface area contributed by atoms with Gasteiger partial charge in [0.05, 0.1) is 26.6 Å². The molecule has 1 aliphatic rings. The Morgan fingerprint density at radius 3 is 2.45 bits per heavy atom. The maximum Gasteiger partial charge on any atom is 1.00 e. The zero-order chi connectivity index (χ0) is 28.4. The van der Waals surface area contributed by atoms with Crippen LogP contribution < -0.4 is 39.0 Å². The average Bonchev–Trinajstić information content (AvgIpc) is 3.34. The molecule has 210 valence electrons. The Morgan fingerprint density at radius 2 is 1.77 bits per heavy atom. The van der Waals surface area contributed by atoms with Gasteiger partial charge < -0.3 is 9.45 Å². The van der Waals surface area contributed by atoms with Crippen molar-refractivity contribution in [3.8, 4) is 0 Å². The second-order valence-corrected chi connectivity index (χ2v) is 15.0. The van der Waals surface area contributed by atoms with E-state index in [-0.39, 0.29) is 48.2 Å². The number of thiazole rings is 1. The van der Waals surface area contributed by atoms with E-state index in [0.717, 1.165) is 36.4 Å². The smallest absolute Gasteiger partial charge is 0.748 e. The Kier molecular flexibility index (Phi) is 12.0. The Bertz CT molecular complexity index is 1670. The summed E-state index contributed by atoms with van der Waals surface area (Å²) in [6.45, 7) is 2.73. The van der Waals surface area contributed by atoms with E-state index in [1.54, 1.807) is 23.9 Å². The molecule has 0 fully saturated rings. The van der Waals surface area contributed by atoms with Crippen LogP contribution in [0.5, 0.6) is 0 Å². The number of halogens is 2. The fourth-order valence-electron chi connectivity index (χ4n) is 4.19. The van der Waals surface area contributed by atoms with E-state index in [4.69, 9.17) is 23.2 Å². The first-order valence-corrected chi connectivity index (χ1v) is 17.6. The molecule has 0 aliphatic carbocycles. The summed E-state index contributed by atoms with van der Waals surface area (Å²) in [6, 6.07) is 11.1. The van der Waals surface area contributed by atoms with E-state index in [1.807, 2.05) is 52.8 Å². The predicted octanol–water partition coefficient (Wildman–Crippen LogP) is 2.96. The monoisotopic (exact) mass is 671 g/mol. The summed E-state index contributed by atoms with van der Waals surface area (Å²) in [5, 5.41) is 2.89. The van der Waals surface area contributed by atoms with Crippen LogP contribution in [0.4, 0.5) is 5.69 Å². The molecule has 4 rings (SSSR count). The van der Waals surface area contributed by atoms with Crippen molar-refractivity contribution in [3.05, 3.63) is 68.1 Å². The normalized spacial score (nSPS) is 15.1. The second kappa shape index (κ2) is 14.2. The maximum atomic E-state index is 11.3. The minimum Gasteiger partial charge on any atom is -0.748 e. The van der Waals surface area contributed by atoms with Gasteiger partial charge in [-0.1, -0.05) is 53.2 Å². The molecule has 0 saturated heterocycles. The molecule has 15 heteroatoms. The van der Waals surface area contributed by atoms with Crippen molar-refractivity contribution in [1.29, 1.82) is 0 Å². The molecule has 0 radical (unpaired) electrons. The van der Waals surface area contributed by atoms with Crippen LogP contribution in [0.1, 0.15) is 31.2 Å². The molecule has 40 heavy (non-hydrogen) atoms. The van der Waals surface area contributed by atoms with Gasteiger partial charge in [0.1, 0.15) is 4.70 Å². The largest absolute Gasteiger partial charge is 1.00 e. The van der Waals surface area contributed by atoms with Crippen LogP contribution >= 0.6 is 46.3 Å². The molecular weight excluding hydrogens is 646 g/mol. The van der Waals surface area contributed by atoms with Crippen LogP contribution in [0.15, 0.2) is 58.0 Å². The van der Waals surface area contributed by atoms with Crippen molar-refractivity contribution >= 4 is 88.5 Å². The minimum absolute atomic E-state index is 0. The van der Waals surface area contributed by atoms with Gasteiger partial charge in [0.2, 0.25) is 5.52 Å². The number of allylic oxidation sites excluding steroid dienone is 2. The standard InChI is InChI=1S/C25H26Cl2N2O6S4.Na/c1-2-17(13-24-28(9-3-11-38(30,31)32)20-15-18(26)5-7-22(20)36-24)14-25-29(10-4-12-39(33,34)35)21-16-19(27)6-8-23(21)37-25;/h5-8,13-16H,2-4,9-12H2,1H3,(H-,30,31,32,33,34,35);/q;+1. The van der Waals surface area contributed by atoms with Gasteiger partial charge in [-0.15, -0.1) is 0 Å². The van der Waals surface area contributed by atoms with Crippen LogP contribution in [0, 0.1) is 0 Å². The topological polar surface area (TPSA) is 119 Å². The SMILES string of the molecule is CCC(=C/c1sc2ccc(Cl)cc2[n+]1CCCS(=O)(=O)[O-])/C=C1\Sc2ccc(Cl)cc2N1CCCS(=O)(=O)O.[Na+]. The molecule has 2 heterocycles. The van der Waals surface area contributed by atoms with Crippen molar-refractivity contribution in [3.63, 3.8) is 0 Å². The van der Waals surface area contributed by atoms with Gasteiger partial charge in [-0.05, 0) is 54.8 Å². The zero-order valence-electron chi connectivity index (χ0n) is 21.8. The molecular formula is C25H26Cl2N2NaO6S4+. The molecule has 0 unspecified atom stereocenters. The zero-order valence-corrected chi connectivity index (χ0v) is 28.6. The van der Waals surface area contributed by atoms with Crippen molar-refractivity contribution in [1.82, 2.24) is 0 Å². The van der Waals surface area contributed by atoms with E-state index in [9.17, 15) is 25.9 Å². The fraction of sp³-hybridized carbons (Fsp3) is 0.320. The molecule has 2 aromatic carbocycles. The summed E-state index contributed by atoms with van der Waals surface area (Å²) in [5.41, 5.74) is 2.71. The first-order chi connectivity index (χ1) is 18.3.